The van der Waals surface area contributed by atoms with Gasteiger partial charge in [-0.15, -0.1) is 0 Å². The van der Waals surface area contributed by atoms with Gasteiger partial charge in [0.1, 0.15) is 0 Å². The second-order valence-electron chi connectivity index (χ2n) is 5.89. The van der Waals surface area contributed by atoms with E-state index < -0.39 is 0 Å². The van der Waals surface area contributed by atoms with Gasteiger partial charge in [0.2, 0.25) is 0 Å². The van der Waals surface area contributed by atoms with Crippen molar-refractivity contribution in [2.24, 2.45) is 0 Å². The predicted molar refractivity (Wildman–Crippen MR) is 83.6 cm³/mol. The van der Waals surface area contributed by atoms with E-state index in [2.05, 4.69) is 59.6 Å². The number of hydrogen-bond acceptors (Lipinski definition) is 2. The number of anilines is 2. The molecule has 1 atom stereocenters. The third-order valence-corrected chi connectivity index (χ3v) is 4.58. The van der Waals surface area contributed by atoms with Crippen molar-refractivity contribution in [3.63, 3.8) is 0 Å². The Balaban J connectivity index is 1.86. The van der Waals surface area contributed by atoms with Crippen molar-refractivity contribution in [2.45, 2.75) is 32.4 Å². The first-order valence-electron chi connectivity index (χ1n) is 7.53. The standard InChI is InChI=1S/C18H20N2/c1-13-11-14-5-2-3-7-17(14)20(13)18-8-4-6-15-12-19-10-9-16(15)18/h2-8,13,19H,9-12H2,1H3. The Bertz CT molecular complexity index is 648. The van der Waals surface area contributed by atoms with E-state index in [0.717, 1.165) is 25.9 Å². The zero-order valence-corrected chi connectivity index (χ0v) is 11.9. The summed E-state index contributed by atoms with van der Waals surface area (Å²) in [7, 11) is 0. The van der Waals surface area contributed by atoms with Crippen molar-refractivity contribution in [3.8, 4) is 0 Å². The summed E-state index contributed by atoms with van der Waals surface area (Å²) in [6.07, 6.45) is 2.29. The zero-order chi connectivity index (χ0) is 13.5. The first-order chi connectivity index (χ1) is 9.84. The van der Waals surface area contributed by atoms with Crippen LogP contribution in [0.3, 0.4) is 0 Å². The van der Waals surface area contributed by atoms with Crippen LogP contribution in [-0.2, 0) is 19.4 Å². The Morgan fingerprint density at radius 1 is 1.00 bits per heavy atom. The van der Waals surface area contributed by atoms with Crippen molar-refractivity contribution in [2.75, 3.05) is 11.4 Å². The Kier molecular flexibility index (Phi) is 2.78. The molecule has 0 aliphatic carbocycles. The molecular formula is C18H20N2. The highest BCUT2D eigenvalue weighted by Crippen LogP contribution is 2.40. The Labute approximate surface area is 120 Å². The summed E-state index contributed by atoms with van der Waals surface area (Å²) in [6.45, 7) is 4.43. The molecule has 0 fully saturated rings. The van der Waals surface area contributed by atoms with Gasteiger partial charge < -0.3 is 10.2 Å². The SMILES string of the molecule is CC1Cc2ccccc2N1c1cccc2c1CCNC2. The van der Waals surface area contributed by atoms with Gasteiger partial charge in [-0.3, -0.25) is 0 Å². The minimum atomic E-state index is 0.550. The van der Waals surface area contributed by atoms with Crippen LogP contribution in [-0.4, -0.2) is 12.6 Å². The Hall–Kier alpha value is -1.80. The van der Waals surface area contributed by atoms with Gasteiger partial charge in [-0.25, -0.2) is 0 Å². The maximum absolute atomic E-state index is 3.47. The van der Waals surface area contributed by atoms with Crippen LogP contribution in [0, 0.1) is 0 Å². The zero-order valence-electron chi connectivity index (χ0n) is 11.9. The summed E-state index contributed by atoms with van der Waals surface area (Å²) in [5.74, 6) is 0. The van der Waals surface area contributed by atoms with E-state index in [1.165, 1.54) is 28.1 Å². The number of nitrogens with zero attached hydrogens (tertiary/aromatic N) is 1. The van der Waals surface area contributed by atoms with Gasteiger partial charge in [-0.05, 0) is 55.1 Å². The topological polar surface area (TPSA) is 15.3 Å². The molecule has 0 saturated carbocycles. The first kappa shape index (κ1) is 12.0. The highest BCUT2D eigenvalue weighted by Gasteiger charge is 2.29. The van der Waals surface area contributed by atoms with Crippen LogP contribution in [0.1, 0.15) is 23.6 Å². The van der Waals surface area contributed by atoms with Crippen molar-refractivity contribution in [3.05, 3.63) is 59.2 Å². The molecule has 2 aromatic rings. The molecule has 0 saturated heterocycles. The molecule has 4 rings (SSSR count). The number of nitrogens with one attached hydrogen (secondary N) is 1. The maximum atomic E-state index is 3.47. The lowest BCUT2D eigenvalue weighted by Crippen LogP contribution is -2.29. The van der Waals surface area contributed by atoms with Crippen molar-refractivity contribution in [1.82, 2.24) is 5.32 Å². The fraction of sp³-hybridized carbons (Fsp3) is 0.333. The van der Waals surface area contributed by atoms with Gasteiger partial charge in [0.05, 0.1) is 0 Å². The Morgan fingerprint density at radius 2 is 1.80 bits per heavy atom. The number of para-hydroxylation sites is 1. The molecule has 2 aliphatic heterocycles. The van der Waals surface area contributed by atoms with E-state index in [9.17, 15) is 0 Å². The lowest BCUT2D eigenvalue weighted by Gasteiger charge is -2.30. The molecule has 20 heavy (non-hydrogen) atoms. The molecule has 1 unspecified atom stereocenters. The number of fused-ring (bicyclic) bond motifs is 2. The van der Waals surface area contributed by atoms with Crippen LogP contribution in [0.15, 0.2) is 42.5 Å². The minimum Gasteiger partial charge on any atom is -0.338 e. The summed E-state index contributed by atoms with van der Waals surface area (Å²) >= 11 is 0. The van der Waals surface area contributed by atoms with Crippen LogP contribution in [0.25, 0.3) is 0 Å². The molecule has 0 radical (unpaired) electrons. The van der Waals surface area contributed by atoms with E-state index in [-0.39, 0.29) is 0 Å². The fourth-order valence-corrected chi connectivity index (χ4v) is 3.67. The van der Waals surface area contributed by atoms with E-state index in [1.807, 2.05) is 0 Å². The van der Waals surface area contributed by atoms with Crippen LogP contribution >= 0.6 is 0 Å². The van der Waals surface area contributed by atoms with Crippen molar-refractivity contribution >= 4 is 11.4 Å². The smallest absolute Gasteiger partial charge is 0.0449 e. The lowest BCUT2D eigenvalue weighted by molar-refractivity contribution is 0.640. The highest BCUT2D eigenvalue weighted by molar-refractivity contribution is 5.74. The third kappa shape index (κ3) is 1.75. The molecule has 2 heteroatoms. The number of hydrogen-bond donors (Lipinski definition) is 1. The second kappa shape index (κ2) is 4.64. The Morgan fingerprint density at radius 3 is 2.75 bits per heavy atom. The van der Waals surface area contributed by atoms with E-state index >= 15 is 0 Å². The van der Waals surface area contributed by atoms with Crippen LogP contribution in [0.5, 0.6) is 0 Å². The molecule has 0 aromatic heterocycles. The van der Waals surface area contributed by atoms with Crippen LogP contribution in [0.4, 0.5) is 11.4 Å². The monoisotopic (exact) mass is 264 g/mol. The molecule has 102 valence electrons. The molecule has 2 aromatic carbocycles. The molecule has 2 nitrogen and oxygen atoms in total. The van der Waals surface area contributed by atoms with E-state index in [1.54, 1.807) is 0 Å². The normalized spacial score (nSPS) is 20.6. The molecular weight excluding hydrogens is 244 g/mol. The average molecular weight is 264 g/mol. The maximum Gasteiger partial charge on any atom is 0.0449 e. The molecule has 1 N–H and O–H groups in total. The summed E-state index contributed by atoms with van der Waals surface area (Å²) in [5.41, 5.74) is 7.29. The predicted octanol–water partition coefficient (Wildman–Crippen LogP) is 3.42. The third-order valence-electron chi connectivity index (χ3n) is 4.58. The van der Waals surface area contributed by atoms with Gasteiger partial charge in [-0.1, -0.05) is 30.3 Å². The summed E-state index contributed by atoms with van der Waals surface area (Å²) in [5, 5.41) is 3.47. The molecule has 2 heterocycles. The van der Waals surface area contributed by atoms with Gasteiger partial charge in [-0.2, -0.15) is 0 Å². The average Bonchev–Trinajstić information content (AvgIpc) is 2.82. The first-order valence-corrected chi connectivity index (χ1v) is 7.53. The second-order valence-corrected chi connectivity index (χ2v) is 5.89. The molecule has 0 amide bonds. The van der Waals surface area contributed by atoms with Gasteiger partial charge in [0.15, 0.2) is 0 Å². The van der Waals surface area contributed by atoms with Gasteiger partial charge >= 0.3 is 0 Å². The van der Waals surface area contributed by atoms with Crippen LogP contribution < -0.4 is 10.2 Å². The van der Waals surface area contributed by atoms with Crippen molar-refractivity contribution < 1.29 is 0 Å². The van der Waals surface area contributed by atoms with Gasteiger partial charge in [0, 0.05) is 24.0 Å². The lowest BCUT2D eigenvalue weighted by atomic mass is 9.98. The van der Waals surface area contributed by atoms with Crippen LogP contribution in [0.2, 0.25) is 0 Å². The quantitative estimate of drug-likeness (QED) is 0.849. The summed E-state index contributed by atoms with van der Waals surface area (Å²) in [4.78, 5) is 2.54. The molecule has 2 aliphatic rings. The van der Waals surface area contributed by atoms with Gasteiger partial charge in [0.25, 0.3) is 0 Å². The minimum absolute atomic E-state index is 0.550. The highest BCUT2D eigenvalue weighted by atomic mass is 15.2. The number of rotatable bonds is 1. The number of benzene rings is 2. The van der Waals surface area contributed by atoms with E-state index in [0.29, 0.717) is 6.04 Å². The molecule has 0 bridgehead atoms. The fourth-order valence-electron chi connectivity index (χ4n) is 3.67. The summed E-state index contributed by atoms with van der Waals surface area (Å²) < 4.78 is 0. The van der Waals surface area contributed by atoms with E-state index in [4.69, 9.17) is 0 Å². The van der Waals surface area contributed by atoms with Crippen molar-refractivity contribution in [1.29, 1.82) is 0 Å². The largest absolute Gasteiger partial charge is 0.338 e. The summed E-state index contributed by atoms with van der Waals surface area (Å²) in [6, 6.07) is 16.1. The molecule has 0 spiro atoms.